The molecule has 0 aliphatic rings. The van der Waals surface area contributed by atoms with Crippen molar-refractivity contribution >= 4 is 62.7 Å². The fourth-order valence-electron chi connectivity index (χ4n) is 1.94. The molecular formula is C16H18I2N2O3. The molecule has 0 aliphatic heterocycles. The van der Waals surface area contributed by atoms with Gasteiger partial charge in [0.1, 0.15) is 6.07 Å². The number of aliphatic imine (C=N–C) groups is 1. The number of carbonyl (C=O) groups is 1. The molecule has 124 valence electrons. The van der Waals surface area contributed by atoms with Crippen molar-refractivity contribution in [1.82, 2.24) is 0 Å². The Bertz CT molecular complexity index is 677. The molecule has 1 N–H and O–H groups in total. The van der Waals surface area contributed by atoms with E-state index in [9.17, 15) is 10.1 Å². The Balaban J connectivity index is 3.55. The topological polar surface area (TPSA) is 82.7 Å². The SMILES string of the molecule is CC(C)CC(=Nc1c(C#N)cc(I)c(OC(=O)O)c1I)C(C)C. The summed E-state index contributed by atoms with van der Waals surface area (Å²) in [4.78, 5) is 15.6. The number of hydrogen-bond acceptors (Lipinski definition) is 4. The number of nitrogens with zero attached hydrogens (tertiary/aromatic N) is 2. The highest BCUT2D eigenvalue weighted by Gasteiger charge is 2.20. The third kappa shape index (κ3) is 5.60. The van der Waals surface area contributed by atoms with E-state index in [1.807, 2.05) is 45.2 Å². The van der Waals surface area contributed by atoms with Crippen molar-refractivity contribution in [3.8, 4) is 11.8 Å². The van der Waals surface area contributed by atoms with Crippen LogP contribution in [0.1, 0.15) is 39.7 Å². The van der Waals surface area contributed by atoms with E-state index in [0.717, 1.165) is 12.1 Å². The third-order valence-corrected chi connectivity index (χ3v) is 4.80. The zero-order chi connectivity index (χ0) is 17.7. The highest BCUT2D eigenvalue weighted by Crippen LogP contribution is 2.38. The fraction of sp³-hybridized carbons (Fsp3) is 0.438. The lowest BCUT2D eigenvalue weighted by atomic mass is 9.98. The molecule has 0 atom stereocenters. The highest BCUT2D eigenvalue weighted by molar-refractivity contribution is 14.1. The van der Waals surface area contributed by atoms with Crippen LogP contribution in [0.4, 0.5) is 10.5 Å². The molecule has 0 amide bonds. The van der Waals surface area contributed by atoms with Crippen molar-refractivity contribution in [3.63, 3.8) is 0 Å². The van der Waals surface area contributed by atoms with Crippen LogP contribution in [0.2, 0.25) is 0 Å². The summed E-state index contributed by atoms with van der Waals surface area (Å²) < 4.78 is 5.97. The molecule has 0 unspecified atom stereocenters. The monoisotopic (exact) mass is 540 g/mol. The van der Waals surface area contributed by atoms with Crippen LogP contribution in [0.25, 0.3) is 0 Å². The van der Waals surface area contributed by atoms with Crippen LogP contribution in [-0.2, 0) is 0 Å². The number of halogens is 2. The standard InChI is InChI=1S/C16H18I2N2O3/c1-8(2)5-12(9(3)4)20-14-10(7-19)6-11(17)15(13(14)18)23-16(21)22/h6,8-9H,5H2,1-4H3,(H,21,22). The number of benzene rings is 1. The Morgan fingerprint density at radius 1 is 1.39 bits per heavy atom. The molecule has 23 heavy (non-hydrogen) atoms. The molecule has 0 saturated carbocycles. The minimum absolute atomic E-state index is 0.226. The smallest absolute Gasteiger partial charge is 0.449 e. The van der Waals surface area contributed by atoms with Gasteiger partial charge in [-0.15, -0.1) is 0 Å². The second kappa shape index (κ2) is 8.82. The van der Waals surface area contributed by atoms with Gasteiger partial charge in [-0.2, -0.15) is 5.26 Å². The Morgan fingerprint density at radius 2 is 2.00 bits per heavy atom. The van der Waals surface area contributed by atoms with Gasteiger partial charge in [0.2, 0.25) is 0 Å². The van der Waals surface area contributed by atoms with Crippen LogP contribution < -0.4 is 4.74 Å². The van der Waals surface area contributed by atoms with Crippen molar-refractivity contribution in [1.29, 1.82) is 5.26 Å². The van der Waals surface area contributed by atoms with E-state index in [2.05, 4.69) is 38.8 Å². The van der Waals surface area contributed by atoms with Gasteiger partial charge in [-0.25, -0.2) is 4.79 Å². The summed E-state index contributed by atoms with van der Waals surface area (Å²) in [5.41, 5.74) is 1.88. The number of rotatable bonds is 5. The van der Waals surface area contributed by atoms with Gasteiger partial charge in [0.15, 0.2) is 5.75 Å². The van der Waals surface area contributed by atoms with Gasteiger partial charge < -0.3 is 9.84 Å². The Labute approximate surface area is 163 Å². The molecule has 0 saturated heterocycles. The molecule has 1 rings (SSSR count). The van der Waals surface area contributed by atoms with Crippen molar-refractivity contribution in [3.05, 3.63) is 18.8 Å². The number of carboxylic acid groups (broad SMARTS) is 1. The summed E-state index contributed by atoms with van der Waals surface area (Å²) in [6.45, 7) is 8.34. The predicted molar refractivity (Wildman–Crippen MR) is 107 cm³/mol. The second-order valence-electron chi connectivity index (χ2n) is 5.73. The zero-order valence-corrected chi connectivity index (χ0v) is 17.7. The van der Waals surface area contributed by atoms with Gasteiger partial charge in [0, 0.05) is 5.71 Å². The van der Waals surface area contributed by atoms with Crippen molar-refractivity contribution in [2.24, 2.45) is 16.8 Å². The maximum Gasteiger partial charge on any atom is 0.511 e. The molecule has 0 aromatic heterocycles. The number of nitriles is 1. The lowest BCUT2D eigenvalue weighted by Crippen LogP contribution is -2.11. The molecule has 5 nitrogen and oxygen atoms in total. The fourth-order valence-corrected chi connectivity index (χ4v) is 3.96. The average molecular weight is 540 g/mol. The molecule has 1 aromatic rings. The van der Waals surface area contributed by atoms with Crippen LogP contribution in [-0.4, -0.2) is 17.0 Å². The number of ether oxygens (including phenoxy) is 1. The molecule has 0 fully saturated rings. The van der Waals surface area contributed by atoms with Crippen LogP contribution in [0, 0.1) is 30.3 Å². The summed E-state index contributed by atoms with van der Waals surface area (Å²) in [6.07, 6.45) is -0.563. The van der Waals surface area contributed by atoms with Gasteiger partial charge in [0.05, 0.1) is 18.4 Å². The first-order valence-electron chi connectivity index (χ1n) is 7.07. The summed E-state index contributed by atoms with van der Waals surface area (Å²) in [6, 6.07) is 3.74. The molecule has 0 radical (unpaired) electrons. The molecule has 0 spiro atoms. The Kier molecular flexibility index (Phi) is 7.73. The first-order chi connectivity index (χ1) is 10.7. The maximum absolute atomic E-state index is 10.9. The first kappa shape index (κ1) is 20.2. The summed E-state index contributed by atoms with van der Waals surface area (Å²) in [5.74, 6) is 0.907. The molecule has 1 aromatic carbocycles. The summed E-state index contributed by atoms with van der Waals surface area (Å²) in [5, 5.41) is 18.3. The van der Waals surface area contributed by atoms with Gasteiger partial charge in [-0.05, 0) is 69.5 Å². The van der Waals surface area contributed by atoms with Crippen molar-refractivity contribution in [2.45, 2.75) is 34.1 Å². The lowest BCUT2D eigenvalue weighted by molar-refractivity contribution is 0.144. The molecular weight excluding hydrogens is 522 g/mol. The summed E-state index contributed by atoms with van der Waals surface area (Å²) in [7, 11) is 0. The van der Waals surface area contributed by atoms with E-state index >= 15 is 0 Å². The quantitative estimate of drug-likeness (QED) is 0.228. The van der Waals surface area contributed by atoms with Crippen molar-refractivity contribution in [2.75, 3.05) is 0 Å². The Hall–Kier alpha value is -0.890. The maximum atomic E-state index is 10.9. The van der Waals surface area contributed by atoms with E-state index in [-0.39, 0.29) is 11.7 Å². The van der Waals surface area contributed by atoms with E-state index in [1.54, 1.807) is 6.07 Å². The molecule has 0 bridgehead atoms. The minimum atomic E-state index is -1.38. The molecule has 7 heteroatoms. The van der Waals surface area contributed by atoms with Gasteiger partial charge in [-0.3, -0.25) is 4.99 Å². The predicted octanol–water partition coefficient (Wildman–Crippen LogP) is 5.60. The third-order valence-electron chi connectivity index (χ3n) is 3.00. The van der Waals surface area contributed by atoms with E-state index in [4.69, 9.17) is 9.84 Å². The van der Waals surface area contributed by atoms with Crippen LogP contribution in [0.3, 0.4) is 0 Å². The number of hydrogen-bond donors (Lipinski definition) is 1. The van der Waals surface area contributed by atoms with Crippen LogP contribution in [0.5, 0.6) is 5.75 Å². The Morgan fingerprint density at radius 3 is 2.43 bits per heavy atom. The van der Waals surface area contributed by atoms with E-state index in [1.165, 1.54) is 0 Å². The van der Waals surface area contributed by atoms with Crippen LogP contribution in [0.15, 0.2) is 11.1 Å². The molecule has 0 aliphatic carbocycles. The highest BCUT2D eigenvalue weighted by atomic mass is 127. The van der Waals surface area contributed by atoms with Crippen molar-refractivity contribution < 1.29 is 14.6 Å². The van der Waals surface area contributed by atoms with Gasteiger partial charge in [0.25, 0.3) is 0 Å². The lowest BCUT2D eigenvalue weighted by Gasteiger charge is -2.15. The normalized spacial score (nSPS) is 11.7. The molecule has 0 heterocycles. The van der Waals surface area contributed by atoms with Gasteiger partial charge in [-0.1, -0.05) is 27.7 Å². The largest absolute Gasteiger partial charge is 0.511 e. The summed E-state index contributed by atoms with van der Waals surface area (Å²) >= 11 is 3.95. The average Bonchev–Trinajstić information content (AvgIpc) is 2.44. The second-order valence-corrected chi connectivity index (χ2v) is 7.97. The van der Waals surface area contributed by atoms with Crippen LogP contribution >= 0.6 is 45.2 Å². The zero-order valence-electron chi connectivity index (χ0n) is 13.4. The minimum Gasteiger partial charge on any atom is -0.449 e. The van der Waals surface area contributed by atoms with Gasteiger partial charge >= 0.3 is 6.16 Å². The van der Waals surface area contributed by atoms with E-state index in [0.29, 0.717) is 24.3 Å². The first-order valence-corrected chi connectivity index (χ1v) is 9.23. The van der Waals surface area contributed by atoms with E-state index < -0.39 is 6.16 Å².